The minimum absolute atomic E-state index is 0.432. The Morgan fingerprint density at radius 3 is 2.65 bits per heavy atom. The zero-order chi connectivity index (χ0) is 14.5. The van der Waals surface area contributed by atoms with Gasteiger partial charge in [-0.15, -0.1) is 0 Å². The van der Waals surface area contributed by atoms with Crippen LogP contribution in [0.5, 0.6) is 0 Å². The van der Waals surface area contributed by atoms with Gasteiger partial charge in [-0.25, -0.2) is 13.6 Å². The topological polar surface area (TPSA) is 121 Å². The first kappa shape index (κ1) is 13.5. The molecule has 1 aromatic heterocycles. The predicted molar refractivity (Wildman–Crippen MR) is 69.2 cm³/mol. The second-order valence-corrected chi connectivity index (χ2v) is 7.31. The fourth-order valence-corrected chi connectivity index (χ4v) is 4.29. The molecule has 8 nitrogen and oxygen atoms in total. The van der Waals surface area contributed by atoms with Gasteiger partial charge in [-0.3, -0.25) is 0 Å². The van der Waals surface area contributed by atoms with Crippen LogP contribution in [0.2, 0.25) is 0 Å². The van der Waals surface area contributed by atoms with Crippen LogP contribution in [0.25, 0.3) is 0 Å². The van der Waals surface area contributed by atoms with Crippen LogP contribution in [0.3, 0.4) is 0 Å². The van der Waals surface area contributed by atoms with Crippen molar-refractivity contribution in [3.05, 3.63) is 16.3 Å². The van der Waals surface area contributed by atoms with E-state index in [1.165, 1.54) is 30.1 Å². The highest BCUT2D eigenvalue weighted by Crippen LogP contribution is 2.48. The summed E-state index contributed by atoms with van der Waals surface area (Å²) in [5.41, 5.74) is 0. The van der Waals surface area contributed by atoms with Gasteiger partial charge in [-0.1, -0.05) is 6.42 Å². The molecule has 2 bridgehead atoms. The van der Waals surface area contributed by atoms with Gasteiger partial charge in [0, 0.05) is 0 Å². The number of rotatable bonds is 4. The fourth-order valence-electron chi connectivity index (χ4n) is 3.65. The van der Waals surface area contributed by atoms with Crippen LogP contribution in [0.4, 0.5) is 5.82 Å². The number of fused-ring (bicyclic) bond motifs is 2. The summed E-state index contributed by atoms with van der Waals surface area (Å²) in [5, 5.41) is 19.6. The third kappa shape index (κ3) is 2.31. The highest BCUT2D eigenvalue weighted by atomic mass is 32.2. The zero-order valence-corrected chi connectivity index (χ0v) is 11.6. The van der Waals surface area contributed by atoms with Gasteiger partial charge >= 0.3 is 5.82 Å². The highest BCUT2D eigenvalue weighted by molar-refractivity contribution is 7.89. The van der Waals surface area contributed by atoms with E-state index in [4.69, 9.17) is 5.14 Å². The number of nitrogens with zero attached hydrogens (tertiary/aromatic N) is 3. The van der Waals surface area contributed by atoms with Gasteiger partial charge < -0.3 is 10.1 Å². The third-order valence-corrected chi connectivity index (χ3v) is 5.40. The van der Waals surface area contributed by atoms with Crippen molar-refractivity contribution in [2.24, 2.45) is 22.9 Å². The maximum absolute atomic E-state index is 11.4. The van der Waals surface area contributed by atoms with Crippen molar-refractivity contribution in [1.82, 2.24) is 9.78 Å². The molecule has 20 heavy (non-hydrogen) atoms. The van der Waals surface area contributed by atoms with Crippen molar-refractivity contribution in [2.45, 2.75) is 37.1 Å². The summed E-state index contributed by atoms with van der Waals surface area (Å²) >= 11 is 0. The summed E-state index contributed by atoms with van der Waals surface area (Å²) in [5.74, 6) is 1.15. The van der Waals surface area contributed by atoms with Crippen LogP contribution in [0, 0.1) is 27.9 Å². The smallest absolute Gasteiger partial charge is 0.358 e. The van der Waals surface area contributed by atoms with E-state index in [2.05, 4.69) is 5.10 Å². The second kappa shape index (κ2) is 4.52. The minimum Gasteiger partial charge on any atom is -0.358 e. The second-order valence-electron chi connectivity index (χ2n) is 5.78. The van der Waals surface area contributed by atoms with Gasteiger partial charge in [0.05, 0.1) is 17.8 Å². The molecule has 2 aliphatic rings. The average molecular weight is 300 g/mol. The zero-order valence-electron chi connectivity index (χ0n) is 10.8. The molecule has 0 radical (unpaired) electrons. The SMILES string of the molecule is NS(=O)(=O)c1cn(CC2CC3CCC2C3)nc1[N+](=O)[O-]. The van der Waals surface area contributed by atoms with Crippen LogP contribution >= 0.6 is 0 Å². The van der Waals surface area contributed by atoms with E-state index >= 15 is 0 Å². The summed E-state index contributed by atoms with van der Waals surface area (Å²) in [6.45, 7) is 0.525. The van der Waals surface area contributed by atoms with Crippen molar-refractivity contribution in [3.8, 4) is 0 Å². The molecule has 3 unspecified atom stereocenters. The van der Waals surface area contributed by atoms with Crippen LogP contribution in [-0.2, 0) is 16.6 Å². The monoisotopic (exact) mass is 300 g/mol. The average Bonchev–Trinajstić information content (AvgIpc) is 3.00. The molecule has 2 fully saturated rings. The third-order valence-electron chi connectivity index (χ3n) is 4.50. The lowest BCUT2D eigenvalue weighted by Crippen LogP contribution is -2.17. The largest absolute Gasteiger partial charge is 0.410 e. The van der Waals surface area contributed by atoms with Crippen molar-refractivity contribution in [2.75, 3.05) is 0 Å². The maximum atomic E-state index is 11.4. The molecule has 1 aromatic rings. The molecule has 0 spiro atoms. The Morgan fingerprint density at radius 2 is 2.20 bits per heavy atom. The first-order valence-corrected chi connectivity index (χ1v) is 8.14. The van der Waals surface area contributed by atoms with E-state index in [9.17, 15) is 18.5 Å². The van der Waals surface area contributed by atoms with Gasteiger partial charge in [-0.2, -0.15) is 4.68 Å². The van der Waals surface area contributed by atoms with E-state index in [1.807, 2.05) is 0 Å². The number of nitrogens with two attached hydrogens (primary N) is 1. The van der Waals surface area contributed by atoms with E-state index in [1.54, 1.807) is 0 Å². The summed E-state index contributed by atoms with van der Waals surface area (Å²) < 4.78 is 24.1. The Bertz CT molecular complexity index is 653. The predicted octanol–water partition coefficient (Wildman–Crippen LogP) is 0.875. The lowest BCUT2D eigenvalue weighted by molar-refractivity contribution is -0.392. The van der Waals surface area contributed by atoms with Crippen LogP contribution in [0.1, 0.15) is 25.7 Å². The highest BCUT2D eigenvalue weighted by Gasteiger charge is 2.40. The van der Waals surface area contributed by atoms with Crippen molar-refractivity contribution >= 4 is 15.8 Å². The van der Waals surface area contributed by atoms with Gasteiger partial charge in [0.25, 0.3) is 0 Å². The first-order valence-electron chi connectivity index (χ1n) is 6.59. The fraction of sp³-hybridized carbons (Fsp3) is 0.727. The first-order chi connectivity index (χ1) is 9.34. The summed E-state index contributed by atoms with van der Waals surface area (Å²) in [6.07, 6.45) is 5.96. The summed E-state index contributed by atoms with van der Waals surface area (Å²) in [6, 6.07) is 0. The molecule has 110 valence electrons. The molecule has 9 heteroatoms. The Morgan fingerprint density at radius 1 is 1.45 bits per heavy atom. The maximum Gasteiger partial charge on any atom is 0.410 e. The van der Waals surface area contributed by atoms with Crippen molar-refractivity contribution < 1.29 is 13.3 Å². The summed E-state index contributed by atoms with van der Waals surface area (Å²) in [7, 11) is -4.13. The lowest BCUT2D eigenvalue weighted by atomic mass is 9.89. The summed E-state index contributed by atoms with van der Waals surface area (Å²) in [4.78, 5) is 9.54. The number of hydrogen-bond donors (Lipinski definition) is 1. The molecule has 2 aliphatic carbocycles. The van der Waals surface area contributed by atoms with E-state index in [-0.39, 0.29) is 0 Å². The Kier molecular flexibility index (Phi) is 3.05. The molecule has 3 atom stereocenters. The normalized spacial score (nSPS) is 28.9. The van der Waals surface area contributed by atoms with Crippen LogP contribution < -0.4 is 5.14 Å². The van der Waals surface area contributed by atoms with Gasteiger partial charge in [-0.05, 0) is 41.9 Å². The molecule has 0 aliphatic heterocycles. The molecule has 0 amide bonds. The molecular formula is C11H16N4O4S. The Labute approximate surface area is 116 Å². The standard InChI is InChI=1S/C11H16N4O4S/c12-20(18,19)10-6-14(13-11(10)15(16)17)5-9-4-7-1-2-8(9)3-7/h6-9H,1-5H2,(H2,12,18,19). The number of sulfonamides is 1. The van der Waals surface area contributed by atoms with Gasteiger partial charge in [0.15, 0.2) is 0 Å². The molecule has 2 N–H and O–H groups in total. The van der Waals surface area contributed by atoms with Crippen molar-refractivity contribution in [3.63, 3.8) is 0 Å². The quantitative estimate of drug-likeness (QED) is 0.653. The van der Waals surface area contributed by atoms with Gasteiger partial charge in [0.1, 0.15) is 0 Å². The minimum atomic E-state index is -4.13. The van der Waals surface area contributed by atoms with Gasteiger partial charge in [0.2, 0.25) is 14.9 Å². The number of primary sulfonamides is 1. The van der Waals surface area contributed by atoms with Crippen molar-refractivity contribution in [1.29, 1.82) is 0 Å². The van der Waals surface area contributed by atoms with Crippen LogP contribution in [-0.4, -0.2) is 23.1 Å². The molecule has 2 saturated carbocycles. The van der Waals surface area contributed by atoms with Crippen LogP contribution in [0.15, 0.2) is 11.1 Å². The number of hydrogen-bond acceptors (Lipinski definition) is 5. The molecule has 3 rings (SSSR count). The Hall–Kier alpha value is -1.48. The van der Waals surface area contributed by atoms with E-state index in [0.717, 1.165) is 12.3 Å². The number of aromatic nitrogens is 2. The molecular weight excluding hydrogens is 284 g/mol. The molecule has 0 aromatic carbocycles. The molecule has 0 saturated heterocycles. The lowest BCUT2D eigenvalue weighted by Gasteiger charge is -2.19. The molecule has 1 heterocycles. The van der Waals surface area contributed by atoms with E-state index in [0.29, 0.717) is 18.4 Å². The number of nitro groups is 1. The van der Waals surface area contributed by atoms with E-state index < -0.39 is 25.7 Å². The Balaban J connectivity index is 1.86.